The lowest BCUT2D eigenvalue weighted by Gasteiger charge is -2.35. The number of carbonyl (C=O) groups is 1. The van der Waals surface area contributed by atoms with Gasteiger partial charge in [0.25, 0.3) is 5.89 Å². The molecular weight excluding hydrogens is 460 g/mol. The summed E-state index contributed by atoms with van der Waals surface area (Å²) in [5, 5.41) is 12.4. The first-order valence-corrected chi connectivity index (χ1v) is 10.5. The Kier molecular flexibility index (Phi) is 6.26. The van der Waals surface area contributed by atoms with E-state index in [0.717, 1.165) is 0 Å². The van der Waals surface area contributed by atoms with Gasteiger partial charge >= 0.3 is 6.03 Å². The minimum atomic E-state index is -0.602. The van der Waals surface area contributed by atoms with Gasteiger partial charge < -0.3 is 24.0 Å². The lowest BCUT2D eigenvalue weighted by atomic mass is 10.1. The monoisotopic (exact) mass is 477 g/mol. The first-order chi connectivity index (χ1) is 15.4. The number of hydrogen-bond acceptors (Lipinski definition) is 6. The van der Waals surface area contributed by atoms with Crippen molar-refractivity contribution in [3.63, 3.8) is 0 Å². The van der Waals surface area contributed by atoms with Gasteiger partial charge in [-0.15, -0.1) is 0 Å². The summed E-state index contributed by atoms with van der Waals surface area (Å²) >= 11 is 11.9. The number of nitriles is 1. The van der Waals surface area contributed by atoms with Crippen LogP contribution in [0.25, 0.3) is 11.7 Å². The smallest absolute Gasteiger partial charge is 0.317 e. The van der Waals surface area contributed by atoms with Gasteiger partial charge in [0.2, 0.25) is 11.6 Å². The molecule has 1 atom stereocenters. The number of anilines is 1. The normalized spacial score (nSPS) is 14.8. The molecule has 3 aromatic rings. The number of aromatic nitrogens is 1. The van der Waals surface area contributed by atoms with Crippen molar-refractivity contribution in [2.45, 2.75) is 13.0 Å². The number of furan rings is 1. The third-order valence-electron chi connectivity index (χ3n) is 5.15. The average Bonchev–Trinajstić information content (AvgIpc) is 3.46. The van der Waals surface area contributed by atoms with Crippen LogP contribution >= 0.6 is 23.2 Å². The van der Waals surface area contributed by atoms with E-state index in [1.807, 2.05) is 11.0 Å². The number of rotatable bonds is 4. The van der Waals surface area contributed by atoms with Crippen molar-refractivity contribution >= 4 is 35.1 Å². The molecule has 0 aliphatic carbocycles. The van der Waals surface area contributed by atoms with Crippen LogP contribution in [0.3, 0.4) is 0 Å². The van der Waals surface area contributed by atoms with Crippen LogP contribution in [0.1, 0.15) is 24.2 Å². The quantitative estimate of drug-likeness (QED) is 0.539. The van der Waals surface area contributed by atoms with Crippen LogP contribution < -0.4 is 10.2 Å². The van der Waals surface area contributed by atoms with E-state index in [0.29, 0.717) is 43.4 Å². The summed E-state index contributed by atoms with van der Waals surface area (Å²) in [6.07, 6.45) is 1.50. The Morgan fingerprint density at radius 2 is 2.03 bits per heavy atom. The number of halogens is 3. The summed E-state index contributed by atoms with van der Waals surface area (Å²) in [5.41, 5.74) is 0.591. The van der Waals surface area contributed by atoms with E-state index in [4.69, 9.17) is 32.0 Å². The van der Waals surface area contributed by atoms with Crippen molar-refractivity contribution in [3.05, 3.63) is 57.6 Å². The SMILES string of the molecule is CC(NC(=O)N1CCN(c2oc(-c3ccco3)nc2C#N)CC1)c1cc(F)c(Cl)cc1Cl. The Bertz CT molecular complexity index is 1170. The Morgan fingerprint density at radius 1 is 1.28 bits per heavy atom. The van der Waals surface area contributed by atoms with Crippen LogP contribution in [-0.4, -0.2) is 42.1 Å². The van der Waals surface area contributed by atoms with Crippen LogP contribution in [0.2, 0.25) is 10.0 Å². The minimum Gasteiger partial charge on any atom is -0.459 e. The molecule has 0 radical (unpaired) electrons. The number of oxazole rings is 1. The van der Waals surface area contributed by atoms with Crippen LogP contribution in [-0.2, 0) is 0 Å². The van der Waals surface area contributed by atoms with Crippen molar-refractivity contribution < 1.29 is 18.0 Å². The molecule has 2 amide bonds. The number of nitrogens with zero attached hydrogens (tertiary/aromatic N) is 4. The van der Waals surface area contributed by atoms with Crippen molar-refractivity contribution in [1.82, 2.24) is 15.2 Å². The molecule has 1 N–H and O–H groups in total. The summed E-state index contributed by atoms with van der Waals surface area (Å²) in [6.45, 7) is 3.39. The molecule has 4 rings (SSSR count). The zero-order valence-corrected chi connectivity index (χ0v) is 18.5. The summed E-state index contributed by atoms with van der Waals surface area (Å²) in [6, 6.07) is 7.14. The highest BCUT2D eigenvalue weighted by Gasteiger charge is 2.28. The molecule has 0 spiro atoms. The zero-order valence-electron chi connectivity index (χ0n) is 16.9. The highest BCUT2D eigenvalue weighted by atomic mass is 35.5. The van der Waals surface area contributed by atoms with Crippen molar-refractivity contribution in [2.24, 2.45) is 0 Å². The fourth-order valence-electron chi connectivity index (χ4n) is 3.44. The second-order valence-electron chi connectivity index (χ2n) is 7.19. The summed E-state index contributed by atoms with van der Waals surface area (Å²) in [7, 11) is 0. The topological polar surface area (TPSA) is 98.5 Å². The first-order valence-electron chi connectivity index (χ1n) is 9.77. The molecule has 166 valence electrons. The van der Waals surface area contributed by atoms with E-state index in [9.17, 15) is 14.4 Å². The van der Waals surface area contributed by atoms with Gasteiger partial charge in [0.05, 0.1) is 17.3 Å². The van der Waals surface area contributed by atoms with Gasteiger partial charge in [-0.25, -0.2) is 9.18 Å². The predicted octanol–water partition coefficient (Wildman–Crippen LogP) is 4.84. The molecule has 1 unspecified atom stereocenters. The fraction of sp³-hybridized carbons (Fsp3) is 0.286. The minimum absolute atomic E-state index is 0.0762. The Balaban J connectivity index is 1.39. The molecule has 1 aliphatic rings. The Labute approximate surface area is 193 Å². The average molecular weight is 478 g/mol. The first kappa shape index (κ1) is 22.0. The highest BCUT2D eigenvalue weighted by Crippen LogP contribution is 2.30. The number of hydrogen-bond donors (Lipinski definition) is 1. The second kappa shape index (κ2) is 9.10. The number of amides is 2. The van der Waals surface area contributed by atoms with E-state index in [1.54, 1.807) is 24.0 Å². The molecule has 8 nitrogen and oxygen atoms in total. The third-order valence-corrected chi connectivity index (χ3v) is 5.76. The number of urea groups is 1. The van der Waals surface area contributed by atoms with Gasteiger partial charge in [0.15, 0.2) is 5.76 Å². The summed E-state index contributed by atoms with van der Waals surface area (Å²) < 4.78 is 24.8. The van der Waals surface area contributed by atoms with E-state index < -0.39 is 11.9 Å². The molecule has 1 saturated heterocycles. The maximum Gasteiger partial charge on any atom is 0.317 e. The van der Waals surface area contributed by atoms with Gasteiger partial charge in [-0.05, 0) is 36.8 Å². The lowest BCUT2D eigenvalue weighted by Crippen LogP contribution is -2.52. The number of nitrogens with one attached hydrogen (secondary N) is 1. The fourth-order valence-corrected chi connectivity index (χ4v) is 3.99. The van der Waals surface area contributed by atoms with Crippen molar-refractivity contribution in [2.75, 3.05) is 31.1 Å². The summed E-state index contributed by atoms with van der Waals surface area (Å²) in [4.78, 5) is 20.4. The summed E-state index contributed by atoms with van der Waals surface area (Å²) in [5.74, 6) is 0.394. The maximum absolute atomic E-state index is 13.8. The predicted molar refractivity (Wildman–Crippen MR) is 116 cm³/mol. The van der Waals surface area contributed by atoms with Crippen LogP contribution in [0.4, 0.5) is 15.1 Å². The zero-order chi connectivity index (χ0) is 22.8. The lowest BCUT2D eigenvalue weighted by molar-refractivity contribution is 0.190. The van der Waals surface area contributed by atoms with Crippen molar-refractivity contribution in [1.29, 1.82) is 5.26 Å². The second-order valence-corrected chi connectivity index (χ2v) is 8.01. The van der Waals surface area contributed by atoms with Gasteiger partial charge in [0.1, 0.15) is 11.9 Å². The van der Waals surface area contributed by atoms with E-state index >= 15 is 0 Å². The molecule has 2 aromatic heterocycles. The van der Waals surface area contributed by atoms with E-state index in [1.165, 1.54) is 18.4 Å². The largest absolute Gasteiger partial charge is 0.459 e. The van der Waals surface area contributed by atoms with E-state index in [2.05, 4.69) is 10.3 Å². The van der Waals surface area contributed by atoms with Crippen molar-refractivity contribution in [3.8, 4) is 17.7 Å². The van der Waals surface area contributed by atoms with Gasteiger partial charge in [0, 0.05) is 31.2 Å². The van der Waals surface area contributed by atoms with E-state index in [-0.39, 0.29) is 27.7 Å². The van der Waals surface area contributed by atoms with Gasteiger partial charge in [-0.1, -0.05) is 23.2 Å². The molecule has 1 aliphatic heterocycles. The van der Waals surface area contributed by atoms with Crippen LogP contribution in [0, 0.1) is 17.1 Å². The number of piperazine rings is 1. The van der Waals surface area contributed by atoms with Gasteiger partial charge in [-0.3, -0.25) is 0 Å². The molecule has 11 heteroatoms. The number of carbonyl (C=O) groups excluding carboxylic acids is 1. The third kappa shape index (κ3) is 4.38. The highest BCUT2D eigenvalue weighted by molar-refractivity contribution is 6.35. The molecule has 1 fully saturated rings. The molecule has 1 aromatic carbocycles. The van der Waals surface area contributed by atoms with Crippen LogP contribution in [0.5, 0.6) is 0 Å². The van der Waals surface area contributed by atoms with Gasteiger partial charge in [-0.2, -0.15) is 10.2 Å². The molecule has 0 saturated carbocycles. The standard InChI is InChI=1S/C21H18Cl2FN5O3/c1-12(13-9-16(24)15(23)10-14(13)22)26-21(30)29-6-4-28(5-7-29)20-17(11-25)27-19(32-20)18-3-2-8-31-18/h2-3,8-10,12H,4-7H2,1H3,(H,26,30). The molecule has 3 heterocycles. The molecular formula is C21H18Cl2FN5O3. The Hall–Kier alpha value is -3.22. The molecule has 32 heavy (non-hydrogen) atoms. The molecule has 0 bridgehead atoms. The maximum atomic E-state index is 13.8. The number of benzene rings is 1. The van der Waals surface area contributed by atoms with Crippen LogP contribution in [0.15, 0.2) is 39.4 Å². The Morgan fingerprint density at radius 3 is 2.69 bits per heavy atom.